The lowest BCUT2D eigenvalue weighted by Crippen LogP contribution is -2.08. The van der Waals surface area contributed by atoms with Crippen LogP contribution in [0, 0.1) is 18.1 Å². The molecule has 1 rings (SSSR count). The Labute approximate surface area is 97.4 Å². The van der Waals surface area contributed by atoms with Crippen LogP contribution in [0.15, 0.2) is 18.2 Å². The van der Waals surface area contributed by atoms with Crippen molar-refractivity contribution in [3.8, 4) is 11.2 Å². The lowest BCUT2D eigenvalue weighted by molar-refractivity contribution is -0.138. The van der Waals surface area contributed by atoms with E-state index in [1.54, 1.807) is 0 Å². The van der Waals surface area contributed by atoms with Gasteiger partial charge in [0.2, 0.25) is 9.84 Å². The van der Waals surface area contributed by atoms with Crippen LogP contribution in [0.2, 0.25) is 0 Å². The van der Waals surface area contributed by atoms with E-state index in [4.69, 9.17) is 0 Å². The van der Waals surface area contributed by atoms with Crippen molar-refractivity contribution in [2.24, 2.45) is 0 Å². The van der Waals surface area contributed by atoms with Gasteiger partial charge in [0.25, 0.3) is 0 Å². The number of rotatable bonds is 0. The van der Waals surface area contributed by atoms with Crippen molar-refractivity contribution in [3.05, 3.63) is 34.9 Å². The Bertz CT molecular complexity index is 589. The zero-order valence-electron chi connectivity index (χ0n) is 9.09. The first-order valence-electron chi connectivity index (χ1n) is 4.51. The standard InChI is InChI=1S/C11H9F3O2S/c1-8-9(6-7-17(2,15)16)4-3-5-10(8)11(12,13)14/h3-5H,1-2H3. The van der Waals surface area contributed by atoms with E-state index >= 15 is 0 Å². The maximum atomic E-state index is 12.5. The zero-order valence-corrected chi connectivity index (χ0v) is 9.91. The first-order chi connectivity index (χ1) is 7.61. The average molecular weight is 262 g/mol. The van der Waals surface area contributed by atoms with Gasteiger partial charge in [0.05, 0.1) is 11.8 Å². The summed E-state index contributed by atoms with van der Waals surface area (Å²) in [5, 5.41) is 1.91. The molecule has 0 heterocycles. The summed E-state index contributed by atoms with van der Waals surface area (Å²) in [7, 11) is -3.53. The maximum absolute atomic E-state index is 12.5. The third kappa shape index (κ3) is 3.79. The predicted octanol–water partition coefficient (Wildman–Crippen LogP) is 2.37. The van der Waals surface area contributed by atoms with Gasteiger partial charge in [-0.05, 0) is 30.5 Å². The number of benzene rings is 1. The monoisotopic (exact) mass is 262 g/mol. The van der Waals surface area contributed by atoms with E-state index in [-0.39, 0.29) is 11.1 Å². The molecule has 0 atom stereocenters. The maximum Gasteiger partial charge on any atom is 0.416 e. The van der Waals surface area contributed by atoms with Gasteiger partial charge in [-0.25, -0.2) is 8.42 Å². The highest BCUT2D eigenvalue weighted by Gasteiger charge is 2.32. The molecule has 92 valence electrons. The van der Waals surface area contributed by atoms with Crippen LogP contribution in [0.1, 0.15) is 16.7 Å². The molecule has 1 aromatic rings. The molecule has 0 spiro atoms. The molecular weight excluding hydrogens is 253 g/mol. The molecule has 1 aromatic carbocycles. The van der Waals surface area contributed by atoms with E-state index in [1.165, 1.54) is 19.1 Å². The molecule has 6 heteroatoms. The van der Waals surface area contributed by atoms with Crippen molar-refractivity contribution in [1.82, 2.24) is 0 Å². The fourth-order valence-electron chi connectivity index (χ4n) is 1.23. The van der Waals surface area contributed by atoms with Crippen molar-refractivity contribution < 1.29 is 21.6 Å². The van der Waals surface area contributed by atoms with E-state index in [9.17, 15) is 21.6 Å². The Morgan fingerprint density at radius 2 is 1.82 bits per heavy atom. The number of hydrogen-bond donors (Lipinski definition) is 0. The van der Waals surface area contributed by atoms with Crippen molar-refractivity contribution >= 4 is 9.84 Å². The van der Waals surface area contributed by atoms with Crippen molar-refractivity contribution in [2.45, 2.75) is 13.1 Å². The summed E-state index contributed by atoms with van der Waals surface area (Å²) in [5.74, 6) is 2.23. The van der Waals surface area contributed by atoms with Crippen LogP contribution in [0.4, 0.5) is 13.2 Å². The van der Waals surface area contributed by atoms with Crippen LogP contribution in [0.25, 0.3) is 0 Å². The summed E-state index contributed by atoms with van der Waals surface area (Å²) in [4.78, 5) is 0. The molecule has 0 unspecified atom stereocenters. The molecule has 2 nitrogen and oxygen atoms in total. The van der Waals surface area contributed by atoms with Crippen LogP contribution in [-0.2, 0) is 16.0 Å². The van der Waals surface area contributed by atoms with Gasteiger partial charge in [-0.15, -0.1) is 0 Å². The number of sulfone groups is 1. The molecule has 0 aliphatic heterocycles. The summed E-state index contributed by atoms with van der Waals surface area (Å²) in [5.41, 5.74) is -0.820. The van der Waals surface area contributed by atoms with Crippen LogP contribution < -0.4 is 0 Å². The van der Waals surface area contributed by atoms with Gasteiger partial charge in [0.1, 0.15) is 0 Å². The van der Waals surface area contributed by atoms with Gasteiger partial charge in [-0.2, -0.15) is 13.2 Å². The van der Waals surface area contributed by atoms with Gasteiger partial charge >= 0.3 is 6.18 Å². The van der Waals surface area contributed by atoms with Crippen molar-refractivity contribution in [2.75, 3.05) is 6.26 Å². The van der Waals surface area contributed by atoms with Gasteiger partial charge in [-0.1, -0.05) is 6.07 Å². The molecular formula is C11H9F3O2S. The minimum atomic E-state index is -4.47. The minimum absolute atomic E-state index is 0.0604. The summed E-state index contributed by atoms with van der Waals surface area (Å²) < 4.78 is 59.2. The molecule has 0 N–H and O–H groups in total. The largest absolute Gasteiger partial charge is 0.416 e. The van der Waals surface area contributed by atoms with Crippen LogP contribution in [0.5, 0.6) is 0 Å². The van der Waals surface area contributed by atoms with Crippen LogP contribution >= 0.6 is 0 Å². The molecule has 0 bridgehead atoms. The van der Waals surface area contributed by atoms with Crippen LogP contribution in [0.3, 0.4) is 0 Å². The molecule has 0 saturated carbocycles. The Balaban J connectivity index is 3.34. The quantitative estimate of drug-likeness (QED) is 0.673. The molecule has 0 fully saturated rings. The molecule has 17 heavy (non-hydrogen) atoms. The molecule has 0 radical (unpaired) electrons. The Morgan fingerprint density at radius 3 is 2.29 bits per heavy atom. The van der Waals surface area contributed by atoms with E-state index in [2.05, 4.69) is 5.92 Å². The summed E-state index contributed by atoms with van der Waals surface area (Å²) >= 11 is 0. The van der Waals surface area contributed by atoms with Crippen molar-refractivity contribution in [3.63, 3.8) is 0 Å². The molecule has 0 aliphatic carbocycles. The minimum Gasteiger partial charge on any atom is -0.216 e. The third-order valence-electron chi connectivity index (χ3n) is 2.01. The Morgan fingerprint density at radius 1 is 1.24 bits per heavy atom. The molecule has 0 amide bonds. The van der Waals surface area contributed by atoms with E-state index < -0.39 is 21.6 Å². The van der Waals surface area contributed by atoms with Crippen molar-refractivity contribution in [1.29, 1.82) is 0 Å². The Hall–Kier alpha value is -1.48. The van der Waals surface area contributed by atoms with E-state index in [1.807, 2.05) is 5.25 Å². The molecule has 0 saturated heterocycles. The lowest BCUT2D eigenvalue weighted by atomic mass is 10.0. The summed E-state index contributed by atoms with van der Waals surface area (Å²) in [6.45, 7) is 1.26. The van der Waals surface area contributed by atoms with Gasteiger partial charge in [-0.3, -0.25) is 0 Å². The normalized spacial score (nSPS) is 11.8. The van der Waals surface area contributed by atoms with E-state index in [0.29, 0.717) is 0 Å². The average Bonchev–Trinajstić information content (AvgIpc) is 2.13. The number of hydrogen-bond acceptors (Lipinski definition) is 2. The van der Waals surface area contributed by atoms with Gasteiger partial charge < -0.3 is 0 Å². The van der Waals surface area contributed by atoms with Gasteiger partial charge in [0.15, 0.2) is 0 Å². The lowest BCUT2D eigenvalue weighted by Gasteiger charge is -2.10. The first-order valence-corrected chi connectivity index (χ1v) is 6.40. The first kappa shape index (κ1) is 13.6. The summed E-state index contributed by atoms with van der Waals surface area (Å²) in [6.07, 6.45) is -3.57. The number of halogens is 3. The van der Waals surface area contributed by atoms with Crippen LogP contribution in [-0.4, -0.2) is 14.7 Å². The highest BCUT2D eigenvalue weighted by molar-refractivity contribution is 7.95. The summed E-state index contributed by atoms with van der Waals surface area (Å²) in [6, 6.07) is 3.48. The second kappa shape index (κ2) is 4.41. The fourth-order valence-corrected chi connectivity index (χ4v) is 1.52. The predicted molar refractivity (Wildman–Crippen MR) is 57.9 cm³/mol. The Kier molecular flexibility index (Phi) is 3.53. The molecule has 0 aliphatic rings. The highest BCUT2D eigenvalue weighted by atomic mass is 32.2. The fraction of sp³-hybridized carbons (Fsp3) is 0.273. The second-order valence-corrected chi connectivity index (χ2v) is 5.22. The number of alkyl halides is 3. The van der Waals surface area contributed by atoms with E-state index in [0.717, 1.165) is 12.3 Å². The molecule has 0 aromatic heterocycles. The van der Waals surface area contributed by atoms with Gasteiger partial charge in [0, 0.05) is 10.8 Å². The zero-order chi connectivity index (χ0) is 13.3. The topological polar surface area (TPSA) is 34.1 Å². The third-order valence-corrected chi connectivity index (χ3v) is 2.48. The smallest absolute Gasteiger partial charge is 0.216 e. The second-order valence-electron chi connectivity index (χ2n) is 3.48. The highest BCUT2D eigenvalue weighted by Crippen LogP contribution is 2.32. The SMILES string of the molecule is Cc1c(C#CS(C)(=O)=O)cccc1C(F)(F)F.